The topological polar surface area (TPSA) is 127 Å². The standard InChI is InChI=1S/C33H32ClN3O8/c1-16-13-20-26(30(38)33(16)31(39)27-21(41-4)14-22(42-5)28(34)29(27)45-33)25(24(17(2)36-20)32(40)43-6)18-7-9-19(10-8-18)44-15-23-35-11-12-37(23)3/h7-12,14,16,25,36H,13,15H2,1-6H3/t16-,25+,33+/m1/s1. The largest absolute Gasteiger partial charge is 0.496 e. The highest BCUT2D eigenvalue weighted by molar-refractivity contribution is 6.36. The predicted molar refractivity (Wildman–Crippen MR) is 163 cm³/mol. The summed E-state index contributed by atoms with van der Waals surface area (Å²) >= 11 is 6.61. The Kier molecular flexibility index (Phi) is 7.60. The molecule has 3 atom stereocenters. The normalized spacial score (nSPS) is 22.1. The second-order valence-electron chi connectivity index (χ2n) is 11.2. The molecule has 1 spiro atoms. The molecule has 45 heavy (non-hydrogen) atoms. The number of hydrogen-bond donors (Lipinski definition) is 1. The van der Waals surface area contributed by atoms with Gasteiger partial charge < -0.3 is 33.6 Å². The van der Waals surface area contributed by atoms with Gasteiger partial charge in [-0.1, -0.05) is 30.7 Å². The molecule has 234 valence electrons. The number of ether oxygens (including phenoxy) is 5. The lowest BCUT2D eigenvalue weighted by molar-refractivity contribution is -0.136. The number of carbonyl (C=O) groups is 3. The van der Waals surface area contributed by atoms with E-state index in [0.29, 0.717) is 22.7 Å². The summed E-state index contributed by atoms with van der Waals surface area (Å²) in [5, 5.41) is 3.32. The van der Waals surface area contributed by atoms with Crippen molar-refractivity contribution in [2.24, 2.45) is 13.0 Å². The van der Waals surface area contributed by atoms with Crippen molar-refractivity contribution < 1.29 is 38.1 Å². The molecular formula is C33H32ClN3O8. The Bertz CT molecular complexity index is 1810. The molecule has 0 radical (unpaired) electrons. The van der Waals surface area contributed by atoms with E-state index < -0.39 is 35.0 Å². The van der Waals surface area contributed by atoms with Crippen LogP contribution in [0.15, 0.2) is 65.3 Å². The predicted octanol–water partition coefficient (Wildman–Crippen LogP) is 4.68. The number of aryl methyl sites for hydroxylation is 1. The van der Waals surface area contributed by atoms with Gasteiger partial charge in [0.15, 0.2) is 5.75 Å². The lowest BCUT2D eigenvalue weighted by atomic mass is 9.65. The molecule has 0 saturated carbocycles. The van der Waals surface area contributed by atoms with E-state index in [9.17, 15) is 14.4 Å². The number of aromatic nitrogens is 2. The van der Waals surface area contributed by atoms with Crippen LogP contribution in [0.2, 0.25) is 5.02 Å². The molecule has 2 aromatic carbocycles. The van der Waals surface area contributed by atoms with Crippen LogP contribution in [0.3, 0.4) is 0 Å². The first-order valence-corrected chi connectivity index (χ1v) is 14.7. The Morgan fingerprint density at radius 2 is 1.84 bits per heavy atom. The number of imidazole rings is 1. The van der Waals surface area contributed by atoms with Gasteiger partial charge in [0.05, 0.1) is 26.9 Å². The minimum absolute atomic E-state index is 0.0246. The highest BCUT2D eigenvalue weighted by atomic mass is 35.5. The first-order valence-electron chi connectivity index (χ1n) is 14.3. The summed E-state index contributed by atoms with van der Waals surface area (Å²) in [5.74, 6) is -1.44. The number of allylic oxidation sites excluding steroid dienone is 2. The molecule has 3 aliphatic rings. The van der Waals surface area contributed by atoms with Crippen molar-refractivity contribution in [1.82, 2.24) is 14.9 Å². The van der Waals surface area contributed by atoms with Gasteiger partial charge in [0, 0.05) is 54.3 Å². The van der Waals surface area contributed by atoms with Crippen LogP contribution in [0.25, 0.3) is 0 Å². The number of hydrogen-bond acceptors (Lipinski definition) is 10. The van der Waals surface area contributed by atoms with Crippen LogP contribution in [-0.4, -0.2) is 54.0 Å². The molecule has 1 aliphatic carbocycles. The minimum atomic E-state index is -1.94. The lowest BCUT2D eigenvalue weighted by Gasteiger charge is -2.42. The number of dihydropyridines is 1. The van der Waals surface area contributed by atoms with Crippen LogP contribution in [0, 0.1) is 5.92 Å². The third kappa shape index (κ3) is 4.56. The minimum Gasteiger partial charge on any atom is -0.496 e. The van der Waals surface area contributed by atoms with Gasteiger partial charge >= 0.3 is 5.97 Å². The number of nitrogens with one attached hydrogen (secondary N) is 1. The molecule has 0 fully saturated rings. The van der Waals surface area contributed by atoms with Crippen molar-refractivity contribution in [2.75, 3.05) is 21.3 Å². The van der Waals surface area contributed by atoms with Crippen LogP contribution < -0.4 is 24.3 Å². The molecule has 1 aromatic heterocycles. The Morgan fingerprint density at radius 3 is 2.47 bits per heavy atom. The molecule has 0 saturated heterocycles. The number of esters is 1. The molecule has 11 nitrogen and oxygen atoms in total. The lowest BCUT2D eigenvalue weighted by Crippen LogP contribution is -2.58. The quantitative estimate of drug-likeness (QED) is 0.289. The van der Waals surface area contributed by atoms with Crippen molar-refractivity contribution in [2.45, 2.75) is 38.4 Å². The average molecular weight is 634 g/mol. The van der Waals surface area contributed by atoms with Crippen molar-refractivity contribution >= 4 is 29.1 Å². The van der Waals surface area contributed by atoms with Crippen LogP contribution in [0.1, 0.15) is 47.9 Å². The number of carbonyl (C=O) groups excluding carboxylic acids is 3. The maximum absolute atomic E-state index is 14.9. The SMILES string of the molecule is COC(=O)C1=C(C)NC2=C(C(=O)[C@@]3(Oc4c(Cl)c(OC)cc(OC)c4C3=O)[C@H](C)C2)[C@H]1c1ccc(OCc2nccn2C)cc1. The molecule has 3 heterocycles. The number of benzene rings is 2. The average Bonchev–Trinajstić information content (AvgIpc) is 3.59. The number of ketones is 2. The van der Waals surface area contributed by atoms with Gasteiger partial charge in [0.1, 0.15) is 40.3 Å². The third-order valence-electron chi connectivity index (χ3n) is 8.76. The molecule has 3 aromatic rings. The summed E-state index contributed by atoms with van der Waals surface area (Å²) in [6.45, 7) is 3.80. The fourth-order valence-corrected chi connectivity index (χ4v) is 6.69. The number of fused-ring (bicyclic) bond motifs is 1. The number of methoxy groups -OCH3 is 3. The van der Waals surface area contributed by atoms with Gasteiger partial charge in [-0.05, 0) is 31.0 Å². The molecule has 12 heteroatoms. The summed E-state index contributed by atoms with van der Waals surface area (Å²) < 4.78 is 30.2. The number of Topliss-reactive ketones (excluding diaryl/α,β-unsaturated/α-hetero) is 2. The maximum atomic E-state index is 14.9. The second-order valence-corrected chi connectivity index (χ2v) is 11.6. The van der Waals surface area contributed by atoms with Gasteiger partial charge in [-0.25, -0.2) is 9.78 Å². The van der Waals surface area contributed by atoms with Crippen LogP contribution in [0.4, 0.5) is 0 Å². The maximum Gasteiger partial charge on any atom is 0.336 e. The summed E-state index contributed by atoms with van der Waals surface area (Å²) in [7, 11) is 6.01. The first-order chi connectivity index (χ1) is 21.6. The van der Waals surface area contributed by atoms with Gasteiger partial charge in [-0.2, -0.15) is 0 Å². The van der Waals surface area contributed by atoms with E-state index in [-0.39, 0.29) is 52.0 Å². The fourth-order valence-electron chi connectivity index (χ4n) is 6.43. The van der Waals surface area contributed by atoms with Gasteiger partial charge in [0.25, 0.3) is 0 Å². The third-order valence-corrected chi connectivity index (χ3v) is 9.12. The van der Waals surface area contributed by atoms with Crippen LogP contribution >= 0.6 is 11.6 Å². The van der Waals surface area contributed by atoms with E-state index in [1.807, 2.05) is 17.8 Å². The first kappa shape index (κ1) is 30.3. The number of nitrogens with zero attached hydrogens (tertiary/aromatic N) is 2. The zero-order chi connectivity index (χ0) is 32.2. The van der Waals surface area contributed by atoms with E-state index in [0.717, 1.165) is 5.82 Å². The Balaban J connectivity index is 1.43. The van der Waals surface area contributed by atoms with Crippen molar-refractivity contribution in [3.63, 3.8) is 0 Å². The highest BCUT2D eigenvalue weighted by Gasteiger charge is 2.63. The zero-order valence-corrected chi connectivity index (χ0v) is 26.4. The second kappa shape index (κ2) is 11.3. The van der Waals surface area contributed by atoms with Crippen molar-refractivity contribution in [3.8, 4) is 23.0 Å². The number of halogens is 1. The van der Waals surface area contributed by atoms with E-state index in [1.54, 1.807) is 44.3 Å². The van der Waals surface area contributed by atoms with Crippen LogP contribution in [-0.2, 0) is 28.0 Å². The Labute approximate surface area is 264 Å². The summed E-state index contributed by atoms with van der Waals surface area (Å²) in [6.07, 6.45) is 3.81. The molecule has 6 rings (SSSR count). The zero-order valence-electron chi connectivity index (χ0n) is 25.6. The number of rotatable bonds is 7. The van der Waals surface area contributed by atoms with Gasteiger partial charge in [0.2, 0.25) is 17.2 Å². The van der Waals surface area contributed by atoms with Crippen molar-refractivity contribution in [3.05, 3.63) is 87.2 Å². The van der Waals surface area contributed by atoms with Gasteiger partial charge in [-0.15, -0.1) is 0 Å². The molecule has 2 aliphatic heterocycles. The Morgan fingerprint density at radius 1 is 1.13 bits per heavy atom. The highest BCUT2D eigenvalue weighted by Crippen LogP contribution is 2.56. The van der Waals surface area contributed by atoms with Gasteiger partial charge in [-0.3, -0.25) is 9.59 Å². The molecule has 0 amide bonds. The van der Waals surface area contributed by atoms with E-state index in [1.165, 1.54) is 27.4 Å². The smallest absolute Gasteiger partial charge is 0.336 e. The Hall–Kier alpha value is -4.77. The summed E-state index contributed by atoms with van der Waals surface area (Å²) in [4.78, 5) is 46.7. The molecule has 0 unspecified atom stereocenters. The molecule has 0 bridgehead atoms. The summed E-state index contributed by atoms with van der Waals surface area (Å²) in [5.41, 5.74) is 0.398. The molecule has 1 N–H and O–H groups in total. The monoisotopic (exact) mass is 633 g/mol. The summed E-state index contributed by atoms with van der Waals surface area (Å²) in [6, 6.07) is 8.60. The van der Waals surface area contributed by atoms with E-state index in [2.05, 4.69) is 10.3 Å². The van der Waals surface area contributed by atoms with E-state index >= 15 is 0 Å². The molecular weight excluding hydrogens is 602 g/mol. The van der Waals surface area contributed by atoms with Crippen molar-refractivity contribution in [1.29, 1.82) is 0 Å². The fraction of sp³-hybridized carbons (Fsp3) is 0.333. The van der Waals surface area contributed by atoms with Crippen LogP contribution in [0.5, 0.6) is 23.0 Å². The van der Waals surface area contributed by atoms with E-state index in [4.69, 9.17) is 35.3 Å².